The zero-order valence-electron chi connectivity index (χ0n) is 14.7. The van der Waals surface area contributed by atoms with Crippen molar-refractivity contribution in [2.45, 2.75) is 26.2 Å². The number of hydrogen-bond donors (Lipinski definition) is 0. The fourth-order valence-electron chi connectivity index (χ4n) is 3.35. The molecule has 2 heterocycles. The van der Waals surface area contributed by atoms with Gasteiger partial charge in [0.1, 0.15) is 0 Å². The summed E-state index contributed by atoms with van der Waals surface area (Å²) in [6.07, 6.45) is 3.28. The molecule has 1 fully saturated rings. The molecule has 2 aromatic rings. The van der Waals surface area contributed by atoms with Crippen molar-refractivity contribution in [3.05, 3.63) is 58.0 Å². The molecule has 0 unspecified atom stereocenters. The van der Waals surface area contributed by atoms with Gasteiger partial charge in [0, 0.05) is 25.2 Å². The summed E-state index contributed by atoms with van der Waals surface area (Å²) in [6, 6.07) is 12.5. The van der Waals surface area contributed by atoms with Gasteiger partial charge in [-0.25, -0.2) is 0 Å². The van der Waals surface area contributed by atoms with E-state index in [-0.39, 0.29) is 5.91 Å². The lowest BCUT2D eigenvalue weighted by molar-refractivity contribution is 0.0727. The van der Waals surface area contributed by atoms with Crippen LogP contribution in [0.15, 0.2) is 45.5 Å². The van der Waals surface area contributed by atoms with Gasteiger partial charge in [-0.15, -0.1) is 0 Å². The van der Waals surface area contributed by atoms with Crippen molar-refractivity contribution in [3.63, 3.8) is 0 Å². The van der Waals surface area contributed by atoms with Crippen LogP contribution in [0.2, 0.25) is 0 Å². The van der Waals surface area contributed by atoms with Crippen molar-refractivity contribution in [1.82, 2.24) is 9.80 Å². The first-order valence-electron chi connectivity index (χ1n) is 8.95. The highest BCUT2D eigenvalue weighted by Crippen LogP contribution is 2.21. The molecular formula is C20H25BrN2O2. The maximum absolute atomic E-state index is 12.7. The molecule has 5 heteroatoms. The second-order valence-electron chi connectivity index (χ2n) is 6.64. The number of aryl methyl sites for hydroxylation is 2. The van der Waals surface area contributed by atoms with Crippen molar-refractivity contribution >= 4 is 21.8 Å². The number of nitrogens with zero attached hydrogens (tertiary/aromatic N) is 2. The summed E-state index contributed by atoms with van der Waals surface area (Å²) in [4.78, 5) is 17.1. The van der Waals surface area contributed by atoms with Crippen LogP contribution in [0.3, 0.4) is 0 Å². The average Bonchev–Trinajstić information content (AvgIpc) is 2.81. The fourth-order valence-corrected chi connectivity index (χ4v) is 3.85. The number of furan rings is 1. The van der Waals surface area contributed by atoms with Gasteiger partial charge in [-0.1, -0.05) is 30.3 Å². The molecule has 0 bridgehead atoms. The monoisotopic (exact) mass is 404 g/mol. The quantitative estimate of drug-likeness (QED) is 0.751. The van der Waals surface area contributed by atoms with E-state index in [0.29, 0.717) is 10.4 Å². The first kappa shape index (κ1) is 18.2. The maximum Gasteiger partial charge on any atom is 0.289 e. The molecular weight excluding hydrogens is 380 g/mol. The van der Waals surface area contributed by atoms with E-state index >= 15 is 0 Å². The highest BCUT2D eigenvalue weighted by Gasteiger charge is 2.24. The third kappa shape index (κ3) is 4.95. The van der Waals surface area contributed by atoms with E-state index in [1.54, 1.807) is 0 Å². The van der Waals surface area contributed by atoms with Crippen LogP contribution in [0.4, 0.5) is 0 Å². The summed E-state index contributed by atoms with van der Waals surface area (Å²) in [5.41, 5.74) is 2.29. The van der Waals surface area contributed by atoms with Crippen molar-refractivity contribution in [2.24, 2.45) is 0 Å². The van der Waals surface area contributed by atoms with Gasteiger partial charge >= 0.3 is 0 Å². The molecule has 0 atom stereocenters. The molecule has 0 N–H and O–H groups in total. The van der Waals surface area contributed by atoms with Gasteiger partial charge < -0.3 is 14.2 Å². The van der Waals surface area contributed by atoms with Gasteiger partial charge in [0.25, 0.3) is 5.91 Å². The Morgan fingerprint density at radius 1 is 1.16 bits per heavy atom. The summed E-state index contributed by atoms with van der Waals surface area (Å²) >= 11 is 3.30. The lowest BCUT2D eigenvalue weighted by atomic mass is 10.1. The third-order valence-corrected chi connectivity index (χ3v) is 5.13. The number of benzene rings is 1. The highest BCUT2D eigenvalue weighted by molar-refractivity contribution is 9.10. The summed E-state index contributed by atoms with van der Waals surface area (Å²) in [5.74, 6) is 0.471. The molecule has 0 spiro atoms. The van der Waals surface area contributed by atoms with Crippen LogP contribution >= 0.6 is 15.9 Å². The van der Waals surface area contributed by atoms with Gasteiger partial charge in [-0.2, -0.15) is 0 Å². The van der Waals surface area contributed by atoms with Crippen LogP contribution in [0.1, 0.15) is 34.5 Å². The Morgan fingerprint density at radius 2 is 1.96 bits per heavy atom. The zero-order chi connectivity index (χ0) is 17.6. The van der Waals surface area contributed by atoms with Gasteiger partial charge in [-0.05, 0) is 66.8 Å². The summed E-state index contributed by atoms with van der Waals surface area (Å²) in [7, 11) is 0. The molecule has 1 saturated heterocycles. The van der Waals surface area contributed by atoms with E-state index in [0.717, 1.165) is 57.5 Å². The highest BCUT2D eigenvalue weighted by atomic mass is 79.9. The molecule has 1 aromatic carbocycles. The fraction of sp³-hybridized carbons (Fsp3) is 0.450. The standard InChI is InChI=1S/C20H25BrN2O2/c1-16-15-18(21)25-19(16)20(24)23-12-6-11-22(13-14-23)10-5-9-17-7-3-2-4-8-17/h2-4,7-8,15H,5-6,9-14H2,1H3. The van der Waals surface area contributed by atoms with Gasteiger partial charge in [0.15, 0.2) is 10.4 Å². The predicted octanol–water partition coefficient (Wildman–Crippen LogP) is 4.13. The molecule has 0 aliphatic carbocycles. The number of rotatable bonds is 5. The Morgan fingerprint density at radius 3 is 2.68 bits per heavy atom. The summed E-state index contributed by atoms with van der Waals surface area (Å²) < 4.78 is 6.14. The molecule has 1 aliphatic rings. The van der Waals surface area contributed by atoms with E-state index in [4.69, 9.17) is 4.42 Å². The Balaban J connectivity index is 1.48. The molecule has 1 aliphatic heterocycles. The van der Waals surface area contributed by atoms with Gasteiger partial charge in [-0.3, -0.25) is 4.79 Å². The molecule has 0 saturated carbocycles. The van der Waals surface area contributed by atoms with E-state index in [1.165, 1.54) is 5.56 Å². The predicted molar refractivity (Wildman–Crippen MR) is 103 cm³/mol. The van der Waals surface area contributed by atoms with Crippen LogP contribution in [0.25, 0.3) is 0 Å². The van der Waals surface area contributed by atoms with E-state index in [2.05, 4.69) is 51.2 Å². The van der Waals surface area contributed by atoms with Gasteiger partial charge in [0.05, 0.1) is 0 Å². The molecule has 1 amide bonds. The van der Waals surface area contributed by atoms with Gasteiger partial charge in [0.2, 0.25) is 0 Å². The Hall–Kier alpha value is -1.59. The number of carbonyl (C=O) groups is 1. The largest absolute Gasteiger partial charge is 0.444 e. The number of amides is 1. The molecule has 134 valence electrons. The topological polar surface area (TPSA) is 36.7 Å². The van der Waals surface area contributed by atoms with Crippen LogP contribution < -0.4 is 0 Å². The normalized spacial score (nSPS) is 16.0. The first-order valence-corrected chi connectivity index (χ1v) is 9.74. The number of hydrogen-bond acceptors (Lipinski definition) is 3. The van der Waals surface area contributed by atoms with Crippen molar-refractivity contribution in [1.29, 1.82) is 0 Å². The summed E-state index contributed by atoms with van der Waals surface area (Å²) in [6.45, 7) is 6.55. The van der Waals surface area contributed by atoms with Crippen molar-refractivity contribution in [3.8, 4) is 0 Å². The summed E-state index contributed by atoms with van der Waals surface area (Å²) in [5, 5.41) is 0. The Bertz CT molecular complexity index is 699. The second kappa shape index (κ2) is 8.68. The van der Waals surface area contributed by atoms with Crippen molar-refractivity contribution in [2.75, 3.05) is 32.7 Å². The minimum absolute atomic E-state index is 0.00864. The molecule has 3 rings (SSSR count). The first-order chi connectivity index (χ1) is 12.1. The minimum Gasteiger partial charge on any atom is -0.444 e. The lowest BCUT2D eigenvalue weighted by Gasteiger charge is -2.21. The average molecular weight is 405 g/mol. The smallest absolute Gasteiger partial charge is 0.289 e. The van der Waals surface area contributed by atoms with Crippen LogP contribution in [-0.2, 0) is 6.42 Å². The number of halogens is 1. The van der Waals surface area contributed by atoms with Crippen LogP contribution in [-0.4, -0.2) is 48.4 Å². The SMILES string of the molecule is Cc1cc(Br)oc1C(=O)N1CCCN(CCCc2ccccc2)CC1. The second-order valence-corrected chi connectivity index (χ2v) is 7.42. The van der Waals surface area contributed by atoms with E-state index in [9.17, 15) is 4.79 Å². The molecule has 4 nitrogen and oxygen atoms in total. The third-order valence-electron chi connectivity index (χ3n) is 4.74. The molecule has 1 aromatic heterocycles. The van der Waals surface area contributed by atoms with Crippen LogP contribution in [0.5, 0.6) is 0 Å². The van der Waals surface area contributed by atoms with E-state index < -0.39 is 0 Å². The number of carbonyl (C=O) groups excluding carboxylic acids is 1. The van der Waals surface area contributed by atoms with Crippen molar-refractivity contribution < 1.29 is 9.21 Å². The van der Waals surface area contributed by atoms with Crippen LogP contribution in [0, 0.1) is 6.92 Å². The lowest BCUT2D eigenvalue weighted by Crippen LogP contribution is -2.35. The minimum atomic E-state index is 0.00864. The zero-order valence-corrected chi connectivity index (χ0v) is 16.3. The van der Waals surface area contributed by atoms with E-state index in [1.807, 2.05) is 17.9 Å². The Labute approximate surface area is 157 Å². The molecule has 25 heavy (non-hydrogen) atoms. The maximum atomic E-state index is 12.7. The Kier molecular flexibility index (Phi) is 6.32. The molecule has 0 radical (unpaired) electrons.